The van der Waals surface area contributed by atoms with Gasteiger partial charge in [0.2, 0.25) is 5.91 Å². The number of aryl methyl sites for hydroxylation is 1. The number of carbonyl (C=O) groups is 1. The fourth-order valence-corrected chi connectivity index (χ4v) is 2.58. The van der Waals surface area contributed by atoms with E-state index in [4.69, 9.17) is 11.6 Å². The highest BCUT2D eigenvalue weighted by Gasteiger charge is 2.12. The van der Waals surface area contributed by atoms with Crippen LogP contribution in [0.4, 0.5) is 11.4 Å². The second-order valence-electron chi connectivity index (χ2n) is 5.55. The van der Waals surface area contributed by atoms with Gasteiger partial charge in [0.15, 0.2) is 0 Å². The molecule has 0 fully saturated rings. The quantitative estimate of drug-likeness (QED) is 0.410. The zero-order chi connectivity index (χ0) is 19.4. The van der Waals surface area contributed by atoms with Gasteiger partial charge in [-0.1, -0.05) is 17.7 Å². The Bertz CT molecular complexity index is 1030. The van der Waals surface area contributed by atoms with Crippen LogP contribution in [0.5, 0.6) is 0 Å². The Labute approximate surface area is 158 Å². The Morgan fingerprint density at radius 3 is 2.78 bits per heavy atom. The van der Waals surface area contributed by atoms with E-state index in [2.05, 4.69) is 20.8 Å². The molecule has 10 heteroatoms. The lowest BCUT2D eigenvalue weighted by atomic mass is 10.1. The van der Waals surface area contributed by atoms with E-state index in [0.29, 0.717) is 11.3 Å². The third-order valence-corrected chi connectivity index (χ3v) is 3.97. The van der Waals surface area contributed by atoms with Crippen molar-refractivity contribution in [1.82, 2.24) is 20.2 Å². The summed E-state index contributed by atoms with van der Waals surface area (Å²) in [5.41, 5.74) is 2.54. The van der Waals surface area contributed by atoms with Gasteiger partial charge in [0.1, 0.15) is 11.3 Å². The second kappa shape index (κ2) is 7.75. The molecular weight excluding hydrogens is 372 g/mol. The Kier molecular flexibility index (Phi) is 5.23. The number of rotatable bonds is 5. The van der Waals surface area contributed by atoms with E-state index >= 15 is 0 Å². The highest BCUT2D eigenvalue weighted by atomic mass is 35.5. The van der Waals surface area contributed by atoms with Crippen LogP contribution < -0.4 is 5.32 Å². The van der Waals surface area contributed by atoms with Crippen LogP contribution in [-0.2, 0) is 4.79 Å². The molecule has 0 bridgehead atoms. The first-order chi connectivity index (χ1) is 12.9. The van der Waals surface area contributed by atoms with Crippen LogP contribution >= 0.6 is 11.6 Å². The number of nitro benzene ring substituents is 1. The number of nitrogens with one attached hydrogen (secondary N) is 1. The monoisotopic (exact) mass is 384 g/mol. The number of nitro groups is 1. The first kappa shape index (κ1) is 18.2. The molecule has 9 nitrogen and oxygen atoms in total. The highest BCUT2D eigenvalue weighted by Crippen LogP contribution is 2.25. The zero-order valence-electron chi connectivity index (χ0n) is 14.0. The number of benzene rings is 2. The Hall–Kier alpha value is -3.59. The van der Waals surface area contributed by atoms with Crippen molar-refractivity contribution in [2.45, 2.75) is 6.92 Å². The number of tetrazole rings is 1. The molecule has 1 heterocycles. The SMILES string of the molecule is Cc1cc(NC(=O)/C=C/c2ccc(Cl)c([N+](=O)[O-])c2)ccc1-n1cnnn1. The van der Waals surface area contributed by atoms with E-state index in [-0.39, 0.29) is 16.6 Å². The molecule has 0 aliphatic rings. The maximum atomic E-state index is 12.1. The van der Waals surface area contributed by atoms with Crippen molar-refractivity contribution in [3.63, 3.8) is 0 Å². The standard InChI is InChI=1S/C17H13ClN6O3/c1-11-8-13(4-6-15(11)23-10-19-21-22-23)20-17(25)7-3-12-2-5-14(18)16(9-12)24(26)27/h2-10H,1H3,(H,20,25)/b7-3+. The van der Waals surface area contributed by atoms with Crippen LogP contribution in [0.2, 0.25) is 5.02 Å². The molecular formula is C17H13ClN6O3. The van der Waals surface area contributed by atoms with Gasteiger partial charge in [0.05, 0.1) is 10.6 Å². The van der Waals surface area contributed by atoms with Gasteiger partial charge < -0.3 is 5.32 Å². The van der Waals surface area contributed by atoms with Gasteiger partial charge in [-0.2, -0.15) is 0 Å². The topological polar surface area (TPSA) is 116 Å². The Morgan fingerprint density at radius 1 is 1.30 bits per heavy atom. The molecule has 3 aromatic rings. The molecule has 0 aliphatic carbocycles. The molecule has 1 amide bonds. The smallest absolute Gasteiger partial charge is 0.288 e. The molecule has 0 spiro atoms. The molecule has 1 N–H and O–H groups in total. The third-order valence-electron chi connectivity index (χ3n) is 3.65. The summed E-state index contributed by atoms with van der Waals surface area (Å²) < 4.78 is 1.52. The van der Waals surface area contributed by atoms with E-state index in [9.17, 15) is 14.9 Å². The van der Waals surface area contributed by atoms with Gasteiger partial charge in [0, 0.05) is 17.8 Å². The fourth-order valence-electron chi connectivity index (χ4n) is 2.39. The Balaban J connectivity index is 1.71. The minimum Gasteiger partial charge on any atom is -0.323 e. The average molecular weight is 385 g/mol. The molecule has 27 heavy (non-hydrogen) atoms. The number of halogens is 1. The number of anilines is 1. The summed E-state index contributed by atoms with van der Waals surface area (Å²) in [4.78, 5) is 22.4. The van der Waals surface area contributed by atoms with E-state index < -0.39 is 4.92 Å². The van der Waals surface area contributed by atoms with E-state index in [1.807, 2.05) is 6.92 Å². The van der Waals surface area contributed by atoms with Gasteiger partial charge in [0.25, 0.3) is 5.69 Å². The average Bonchev–Trinajstić information content (AvgIpc) is 3.15. The van der Waals surface area contributed by atoms with Gasteiger partial charge in [-0.3, -0.25) is 14.9 Å². The molecule has 0 radical (unpaired) electrons. The van der Waals surface area contributed by atoms with Gasteiger partial charge in [-0.25, -0.2) is 4.68 Å². The zero-order valence-corrected chi connectivity index (χ0v) is 14.8. The number of nitrogens with zero attached hydrogens (tertiary/aromatic N) is 5. The van der Waals surface area contributed by atoms with Crippen LogP contribution in [0.1, 0.15) is 11.1 Å². The first-order valence-corrected chi connectivity index (χ1v) is 8.09. The summed E-state index contributed by atoms with van der Waals surface area (Å²) in [7, 11) is 0. The normalized spacial score (nSPS) is 10.9. The van der Waals surface area contributed by atoms with Crippen LogP contribution in [0.15, 0.2) is 48.8 Å². The largest absolute Gasteiger partial charge is 0.323 e. The second-order valence-corrected chi connectivity index (χ2v) is 5.95. The van der Waals surface area contributed by atoms with Crippen LogP contribution in [0, 0.1) is 17.0 Å². The maximum Gasteiger partial charge on any atom is 0.288 e. The van der Waals surface area contributed by atoms with Crippen molar-refractivity contribution in [3.05, 3.63) is 75.1 Å². The number of amides is 1. The molecule has 0 atom stereocenters. The van der Waals surface area contributed by atoms with Crippen molar-refractivity contribution in [2.24, 2.45) is 0 Å². The van der Waals surface area contributed by atoms with E-state index in [0.717, 1.165) is 11.3 Å². The molecule has 0 saturated heterocycles. The minimum atomic E-state index is -0.575. The van der Waals surface area contributed by atoms with Gasteiger partial charge in [-0.05, 0) is 58.8 Å². The maximum absolute atomic E-state index is 12.1. The van der Waals surface area contributed by atoms with Crippen LogP contribution in [0.25, 0.3) is 11.8 Å². The summed E-state index contributed by atoms with van der Waals surface area (Å²) in [5.74, 6) is -0.373. The van der Waals surface area contributed by atoms with Crippen molar-refractivity contribution in [3.8, 4) is 5.69 Å². The lowest BCUT2D eigenvalue weighted by molar-refractivity contribution is -0.384. The van der Waals surface area contributed by atoms with Crippen LogP contribution in [0.3, 0.4) is 0 Å². The molecule has 0 saturated carbocycles. The molecule has 0 unspecified atom stereocenters. The van der Waals surface area contributed by atoms with Crippen molar-refractivity contribution >= 4 is 35.0 Å². The molecule has 136 valence electrons. The third kappa shape index (κ3) is 4.33. The van der Waals surface area contributed by atoms with Gasteiger partial charge >= 0.3 is 0 Å². The lowest BCUT2D eigenvalue weighted by Gasteiger charge is -2.08. The predicted octanol–water partition coefficient (Wildman–Crippen LogP) is 3.18. The summed E-state index contributed by atoms with van der Waals surface area (Å²) in [6.07, 6.45) is 4.24. The number of aromatic nitrogens is 4. The van der Waals surface area contributed by atoms with E-state index in [1.54, 1.807) is 24.3 Å². The number of hydrogen-bond donors (Lipinski definition) is 1. The summed E-state index contributed by atoms with van der Waals surface area (Å²) in [6, 6.07) is 9.60. The van der Waals surface area contributed by atoms with Crippen LogP contribution in [-0.4, -0.2) is 31.0 Å². The molecule has 0 aliphatic heterocycles. The Morgan fingerprint density at radius 2 is 2.11 bits per heavy atom. The summed E-state index contributed by atoms with van der Waals surface area (Å²) >= 11 is 5.77. The minimum absolute atomic E-state index is 0.0414. The fraction of sp³-hybridized carbons (Fsp3) is 0.0588. The molecule has 1 aromatic heterocycles. The predicted molar refractivity (Wildman–Crippen MR) is 99.7 cm³/mol. The number of hydrogen-bond acceptors (Lipinski definition) is 6. The summed E-state index contributed by atoms with van der Waals surface area (Å²) in [6.45, 7) is 1.87. The lowest BCUT2D eigenvalue weighted by Crippen LogP contribution is -2.08. The van der Waals surface area contributed by atoms with E-state index in [1.165, 1.54) is 35.3 Å². The van der Waals surface area contributed by atoms with Crippen molar-refractivity contribution in [2.75, 3.05) is 5.32 Å². The molecule has 2 aromatic carbocycles. The first-order valence-electron chi connectivity index (χ1n) is 7.71. The van der Waals surface area contributed by atoms with Crippen molar-refractivity contribution < 1.29 is 9.72 Å². The summed E-state index contributed by atoms with van der Waals surface area (Å²) in [5, 5.41) is 24.7. The highest BCUT2D eigenvalue weighted by molar-refractivity contribution is 6.32. The molecule has 3 rings (SSSR count). The van der Waals surface area contributed by atoms with Gasteiger partial charge in [-0.15, -0.1) is 5.10 Å². The van der Waals surface area contributed by atoms with Crippen molar-refractivity contribution in [1.29, 1.82) is 0 Å². The number of carbonyl (C=O) groups excluding carboxylic acids is 1.